The standard InChI is InChI=1S/C21H24N4/c1-16(18-12-11-17-7-5-6-8-19(17)13-18)22-14-20-15-23-25(24-20)21-9-3-2-4-10-21/h2-4,9-13,15-16,22H,5-8,14H2,1H3. The number of aromatic nitrogens is 3. The van der Waals surface area contributed by atoms with Crippen molar-refractivity contribution in [3.05, 3.63) is 77.1 Å². The first-order chi connectivity index (χ1) is 12.3. The van der Waals surface area contributed by atoms with E-state index in [1.807, 2.05) is 36.5 Å². The third-order valence-corrected chi connectivity index (χ3v) is 4.99. The predicted molar refractivity (Wildman–Crippen MR) is 99.7 cm³/mol. The number of nitrogens with zero attached hydrogens (tertiary/aromatic N) is 3. The molecule has 1 aliphatic rings. The maximum atomic E-state index is 4.56. The van der Waals surface area contributed by atoms with E-state index in [9.17, 15) is 0 Å². The second kappa shape index (κ2) is 7.19. The van der Waals surface area contributed by atoms with Gasteiger partial charge in [-0.2, -0.15) is 15.0 Å². The Labute approximate surface area is 148 Å². The molecule has 0 amide bonds. The summed E-state index contributed by atoms with van der Waals surface area (Å²) >= 11 is 0. The van der Waals surface area contributed by atoms with Gasteiger partial charge in [0, 0.05) is 12.6 Å². The highest BCUT2D eigenvalue weighted by Crippen LogP contribution is 2.24. The Kier molecular flexibility index (Phi) is 4.61. The Morgan fingerprint density at radius 2 is 1.84 bits per heavy atom. The van der Waals surface area contributed by atoms with Crippen LogP contribution in [0.4, 0.5) is 0 Å². The van der Waals surface area contributed by atoms with E-state index in [0.29, 0.717) is 12.6 Å². The van der Waals surface area contributed by atoms with Gasteiger partial charge in [-0.1, -0.05) is 36.4 Å². The molecule has 3 aromatic rings. The Balaban J connectivity index is 1.40. The van der Waals surface area contributed by atoms with Gasteiger partial charge in [-0.15, -0.1) is 0 Å². The molecule has 1 heterocycles. The van der Waals surface area contributed by atoms with Gasteiger partial charge >= 0.3 is 0 Å². The normalized spacial score (nSPS) is 14.9. The van der Waals surface area contributed by atoms with Crippen molar-refractivity contribution < 1.29 is 0 Å². The van der Waals surface area contributed by atoms with Crippen LogP contribution in [0.15, 0.2) is 54.7 Å². The van der Waals surface area contributed by atoms with E-state index < -0.39 is 0 Å². The van der Waals surface area contributed by atoms with Crippen molar-refractivity contribution in [2.45, 2.75) is 45.2 Å². The monoisotopic (exact) mass is 332 g/mol. The molecule has 1 aromatic heterocycles. The highest BCUT2D eigenvalue weighted by Gasteiger charge is 2.13. The summed E-state index contributed by atoms with van der Waals surface area (Å²) < 4.78 is 0. The Hall–Kier alpha value is -2.46. The van der Waals surface area contributed by atoms with E-state index in [0.717, 1.165) is 11.4 Å². The molecule has 0 saturated carbocycles. The summed E-state index contributed by atoms with van der Waals surface area (Å²) in [5.41, 5.74) is 6.36. The fourth-order valence-corrected chi connectivity index (χ4v) is 3.46. The second-order valence-corrected chi connectivity index (χ2v) is 6.80. The molecule has 128 valence electrons. The number of nitrogens with one attached hydrogen (secondary N) is 1. The molecule has 1 aliphatic carbocycles. The molecule has 1 N–H and O–H groups in total. The van der Waals surface area contributed by atoms with E-state index in [2.05, 4.69) is 40.6 Å². The van der Waals surface area contributed by atoms with Crippen molar-refractivity contribution in [1.82, 2.24) is 20.3 Å². The van der Waals surface area contributed by atoms with Crippen LogP contribution in [0, 0.1) is 0 Å². The minimum atomic E-state index is 0.300. The lowest BCUT2D eigenvalue weighted by Gasteiger charge is -2.19. The molecule has 0 spiro atoms. The first kappa shape index (κ1) is 16.0. The maximum Gasteiger partial charge on any atom is 0.0969 e. The summed E-state index contributed by atoms with van der Waals surface area (Å²) in [6.07, 6.45) is 6.94. The molecule has 25 heavy (non-hydrogen) atoms. The average Bonchev–Trinajstić information content (AvgIpc) is 3.15. The van der Waals surface area contributed by atoms with Crippen molar-refractivity contribution in [3.63, 3.8) is 0 Å². The molecule has 4 nitrogen and oxygen atoms in total. The zero-order valence-corrected chi connectivity index (χ0v) is 14.7. The Morgan fingerprint density at radius 1 is 1.04 bits per heavy atom. The molecule has 4 heteroatoms. The third kappa shape index (κ3) is 3.64. The molecule has 4 rings (SSSR count). The van der Waals surface area contributed by atoms with Crippen LogP contribution in [0.1, 0.15) is 48.2 Å². The molecule has 0 bridgehead atoms. The molecule has 1 unspecified atom stereocenters. The number of benzene rings is 2. The van der Waals surface area contributed by atoms with Crippen molar-refractivity contribution in [3.8, 4) is 5.69 Å². The minimum absolute atomic E-state index is 0.300. The number of rotatable bonds is 5. The predicted octanol–water partition coefficient (Wildman–Crippen LogP) is 4.00. The van der Waals surface area contributed by atoms with Crippen LogP contribution in [-0.2, 0) is 19.4 Å². The SMILES string of the molecule is CC(NCc1cnn(-c2ccccc2)n1)c1ccc2c(c1)CCCC2. The maximum absolute atomic E-state index is 4.56. The van der Waals surface area contributed by atoms with E-state index in [4.69, 9.17) is 0 Å². The summed E-state index contributed by atoms with van der Waals surface area (Å²) in [5.74, 6) is 0. The van der Waals surface area contributed by atoms with Gasteiger partial charge in [-0.25, -0.2) is 0 Å². The first-order valence-corrected chi connectivity index (χ1v) is 9.11. The first-order valence-electron chi connectivity index (χ1n) is 9.11. The van der Waals surface area contributed by atoms with Gasteiger partial charge < -0.3 is 5.32 Å². The highest BCUT2D eigenvalue weighted by atomic mass is 15.5. The van der Waals surface area contributed by atoms with Gasteiger partial charge in [0.15, 0.2) is 0 Å². The molecular formula is C21H24N4. The summed E-state index contributed by atoms with van der Waals surface area (Å²) in [6, 6.07) is 17.3. The van der Waals surface area contributed by atoms with Crippen LogP contribution in [0.3, 0.4) is 0 Å². The minimum Gasteiger partial charge on any atom is -0.304 e. The number of para-hydroxylation sites is 1. The van der Waals surface area contributed by atoms with Gasteiger partial charge in [0.05, 0.1) is 17.6 Å². The Morgan fingerprint density at radius 3 is 2.68 bits per heavy atom. The highest BCUT2D eigenvalue weighted by molar-refractivity contribution is 5.35. The molecule has 2 aromatic carbocycles. The van der Waals surface area contributed by atoms with Crippen LogP contribution in [0.5, 0.6) is 0 Å². The number of hydrogen-bond donors (Lipinski definition) is 1. The van der Waals surface area contributed by atoms with Gasteiger partial charge in [-0.05, 0) is 61.4 Å². The van der Waals surface area contributed by atoms with Crippen molar-refractivity contribution in [2.24, 2.45) is 0 Å². The number of fused-ring (bicyclic) bond motifs is 1. The largest absolute Gasteiger partial charge is 0.304 e. The lowest BCUT2D eigenvalue weighted by Crippen LogP contribution is -2.19. The van der Waals surface area contributed by atoms with Crippen LogP contribution in [0.2, 0.25) is 0 Å². The van der Waals surface area contributed by atoms with Crippen LogP contribution in [0.25, 0.3) is 5.69 Å². The van der Waals surface area contributed by atoms with E-state index in [1.54, 1.807) is 4.80 Å². The second-order valence-electron chi connectivity index (χ2n) is 6.80. The molecule has 0 saturated heterocycles. The van der Waals surface area contributed by atoms with Gasteiger partial charge in [0.25, 0.3) is 0 Å². The summed E-state index contributed by atoms with van der Waals surface area (Å²) in [4.78, 5) is 1.68. The summed E-state index contributed by atoms with van der Waals surface area (Å²) in [7, 11) is 0. The number of hydrogen-bond acceptors (Lipinski definition) is 3. The zero-order chi connectivity index (χ0) is 17.1. The van der Waals surface area contributed by atoms with Crippen molar-refractivity contribution >= 4 is 0 Å². The zero-order valence-electron chi connectivity index (χ0n) is 14.7. The van der Waals surface area contributed by atoms with Crippen LogP contribution in [-0.4, -0.2) is 15.0 Å². The molecule has 0 aliphatic heterocycles. The van der Waals surface area contributed by atoms with E-state index >= 15 is 0 Å². The average molecular weight is 332 g/mol. The van der Waals surface area contributed by atoms with Crippen molar-refractivity contribution in [2.75, 3.05) is 0 Å². The summed E-state index contributed by atoms with van der Waals surface area (Å²) in [6.45, 7) is 2.93. The van der Waals surface area contributed by atoms with E-state index in [-0.39, 0.29) is 0 Å². The van der Waals surface area contributed by atoms with Gasteiger partial charge in [-0.3, -0.25) is 0 Å². The van der Waals surface area contributed by atoms with Crippen LogP contribution < -0.4 is 5.32 Å². The molecule has 1 atom stereocenters. The molecule has 0 fully saturated rings. The Bertz CT molecular complexity index is 838. The van der Waals surface area contributed by atoms with E-state index in [1.165, 1.54) is 42.4 Å². The third-order valence-electron chi connectivity index (χ3n) is 4.99. The quantitative estimate of drug-likeness (QED) is 0.768. The lowest BCUT2D eigenvalue weighted by atomic mass is 9.89. The molecular weight excluding hydrogens is 308 g/mol. The lowest BCUT2D eigenvalue weighted by molar-refractivity contribution is 0.562. The smallest absolute Gasteiger partial charge is 0.0969 e. The van der Waals surface area contributed by atoms with Gasteiger partial charge in [0.2, 0.25) is 0 Å². The molecule has 0 radical (unpaired) electrons. The van der Waals surface area contributed by atoms with Crippen LogP contribution >= 0.6 is 0 Å². The fraction of sp³-hybridized carbons (Fsp3) is 0.333. The van der Waals surface area contributed by atoms with Crippen molar-refractivity contribution in [1.29, 1.82) is 0 Å². The number of aryl methyl sites for hydroxylation is 2. The fourth-order valence-electron chi connectivity index (χ4n) is 3.46. The topological polar surface area (TPSA) is 42.7 Å². The summed E-state index contributed by atoms with van der Waals surface area (Å²) in [5, 5.41) is 12.5. The van der Waals surface area contributed by atoms with Gasteiger partial charge in [0.1, 0.15) is 0 Å².